The van der Waals surface area contributed by atoms with Crippen LogP contribution in [0.15, 0.2) is 24.3 Å². The average molecular weight is 266 g/mol. The fourth-order valence-electron chi connectivity index (χ4n) is 2.56. The summed E-state index contributed by atoms with van der Waals surface area (Å²) in [6, 6.07) is 7.46. The lowest BCUT2D eigenvalue weighted by atomic mass is 9.98. The van der Waals surface area contributed by atoms with Crippen molar-refractivity contribution in [2.75, 3.05) is 5.32 Å². The number of rotatable bonds is 1. The highest BCUT2D eigenvalue weighted by Gasteiger charge is 2.26. The van der Waals surface area contributed by atoms with Gasteiger partial charge < -0.3 is 10.2 Å². The van der Waals surface area contributed by atoms with Crippen molar-refractivity contribution < 1.29 is 4.39 Å². The lowest BCUT2D eigenvalue weighted by molar-refractivity contribution is 0.194. The summed E-state index contributed by atoms with van der Waals surface area (Å²) in [5.74, 6) is -0.267. The van der Waals surface area contributed by atoms with Crippen molar-refractivity contribution in [3.63, 3.8) is 0 Å². The summed E-state index contributed by atoms with van der Waals surface area (Å²) >= 11 is 5.42. The molecule has 1 fully saturated rings. The molecule has 0 amide bonds. The van der Waals surface area contributed by atoms with Crippen molar-refractivity contribution in [1.82, 2.24) is 4.90 Å². The van der Waals surface area contributed by atoms with E-state index in [-0.39, 0.29) is 5.82 Å². The van der Waals surface area contributed by atoms with Crippen molar-refractivity contribution in [2.24, 2.45) is 0 Å². The molecule has 0 bridgehead atoms. The fraction of sp³-hybridized carbons (Fsp3) is 0.500. The Balaban J connectivity index is 2.09. The zero-order chi connectivity index (χ0) is 13.1. The van der Waals surface area contributed by atoms with Gasteiger partial charge >= 0.3 is 0 Å². The Hall–Kier alpha value is -1.16. The Bertz CT molecular complexity index is 426. The van der Waals surface area contributed by atoms with Crippen LogP contribution in [0.2, 0.25) is 0 Å². The van der Waals surface area contributed by atoms with Crippen molar-refractivity contribution in [1.29, 1.82) is 0 Å². The third-order valence-electron chi connectivity index (χ3n) is 3.54. The maximum absolute atomic E-state index is 13.6. The van der Waals surface area contributed by atoms with Crippen LogP contribution < -0.4 is 5.32 Å². The molecule has 0 saturated carbocycles. The first-order valence-electron chi connectivity index (χ1n) is 6.43. The summed E-state index contributed by atoms with van der Waals surface area (Å²) in [6.07, 6.45) is 3.52. The minimum absolute atomic E-state index is 0.267. The van der Waals surface area contributed by atoms with Gasteiger partial charge in [-0.1, -0.05) is 12.1 Å². The molecule has 98 valence electrons. The normalized spacial score (nSPS) is 23.8. The van der Waals surface area contributed by atoms with Gasteiger partial charge in [-0.3, -0.25) is 0 Å². The lowest BCUT2D eigenvalue weighted by Crippen LogP contribution is -2.49. The van der Waals surface area contributed by atoms with Gasteiger partial charge in [-0.25, -0.2) is 4.39 Å². The summed E-state index contributed by atoms with van der Waals surface area (Å²) in [5.41, 5.74) is 0.451. The number of halogens is 1. The second kappa shape index (κ2) is 5.65. The van der Waals surface area contributed by atoms with Gasteiger partial charge in [-0.15, -0.1) is 0 Å². The number of hydrogen-bond acceptors (Lipinski definition) is 1. The first-order valence-corrected chi connectivity index (χ1v) is 6.84. The van der Waals surface area contributed by atoms with Gasteiger partial charge in [0.1, 0.15) is 5.82 Å². The molecule has 0 spiro atoms. The quantitative estimate of drug-likeness (QED) is 0.779. The number of likely N-dealkylation sites (tertiary alicyclic amines) is 1. The van der Waals surface area contributed by atoms with Crippen LogP contribution in [0.1, 0.15) is 33.1 Å². The number of hydrogen-bond donors (Lipinski definition) is 1. The van der Waals surface area contributed by atoms with Crippen molar-refractivity contribution >= 4 is 23.0 Å². The molecule has 1 saturated heterocycles. The van der Waals surface area contributed by atoms with Crippen LogP contribution in [0.4, 0.5) is 10.1 Å². The molecule has 2 rings (SSSR count). The van der Waals surface area contributed by atoms with E-state index in [9.17, 15) is 4.39 Å². The molecular formula is C14H19FN2S. The number of benzene rings is 1. The Morgan fingerprint density at radius 3 is 2.50 bits per heavy atom. The van der Waals surface area contributed by atoms with Crippen LogP contribution >= 0.6 is 12.2 Å². The predicted molar refractivity (Wildman–Crippen MR) is 77.2 cm³/mol. The Morgan fingerprint density at radius 2 is 1.89 bits per heavy atom. The van der Waals surface area contributed by atoms with Crippen LogP contribution in [-0.2, 0) is 0 Å². The fourth-order valence-corrected chi connectivity index (χ4v) is 3.03. The van der Waals surface area contributed by atoms with E-state index in [4.69, 9.17) is 12.2 Å². The van der Waals surface area contributed by atoms with E-state index in [1.165, 1.54) is 12.5 Å². The second-order valence-corrected chi connectivity index (χ2v) is 5.33. The number of anilines is 1. The molecule has 0 aliphatic carbocycles. The summed E-state index contributed by atoms with van der Waals surface area (Å²) in [4.78, 5) is 2.19. The molecule has 1 aromatic rings. The SMILES string of the molecule is C[C@@H]1CCC[C@H](C)N1C(=S)Nc1ccccc1F. The predicted octanol–water partition coefficient (Wildman–Crippen LogP) is 3.79. The van der Waals surface area contributed by atoms with Crippen molar-refractivity contribution in [3.8, 4) is 0 Å². The van der Waals surface area contributed by atoms with Crippen LogP contribution in [0, 0.1) is 5.82 Å². The van der Waals surface area contributed by atoms with Crippen molar-refractivity contribution in [2.45, 2.75) is 45.2 Å². The lowest BCUT2D eigenvalue weighted by Gasteiger charge is -2.40. The number of nitrogens with one attached hydrogen (secondary N) is 1. The summed E-state index contributed by atoms with van der Waals surface area (Å²) in [6.45, 7) is 4.34. The zero-order valence-electron chi connectivity index (χ0n) is 10.8. The number of piperidine rings is 1. The van der Waals surface area contributed by atoms with Gasteiger partial charge in [0.2, 0.25) is 0 Å². The van der Waals surface area contributed by atoms with Crippen LogP contribution in [0.5, 0.6) is 0 Å². The standard InChI is InChI=1S/C14H19FN2S/c1-10-6-5-7-11(2)17(10)14(18)16-13-9-4-3-8-12(13)15/h3-4,8-11H,5-7H2,1-2H3,(H,16,18)/t10-,11+. The number of para-hydroxylation sites is 1. The maximum atomic E-state index is 13.6. The molecular weight excluding hydrogens is 247 g/mol. The van der Waals surface area contributed by atoms with Crippen LogP contribution in [0.3, 0.4) is 0 Å². The third kappa shape index (κ3) is 2.80. The van der Waals surface area contributed by atoms with Gasteiger partial charge in [0.05, 0.1) is 5.69 Å². The summed E-state index contributed by atoms with van der Waals surface area (Å²) in [7, 11) is 0. The molecule has 0 radical (unpaired) electrons. The molecule has 2 atom stereocenters. The topological polar surface area (TPSA) is 15.3 Å². The molecule has 2 nitrogen and oxygen atoms in total. The largest absolute Gasteiger partial charge is 0.344 e. The maximum Gasteiger partial charge on any atom is 0.173 e. The highest BCUT2D eigenvalue weighted by molar-refractivity contribution is 7.80. The first-order chi connectivity index (χ1) is 8.59. The Morgan fingerprint density at radius 1 is 1.28 bits per heavy atom. The molecule has 0 unspecified atom stereocenters. The van der Waals surface area contributed by atoms with Gasteiger partial charge in [0.15, 0.2) is 5.11 Å². The van der Waals surface area contributed by atoms with Gasteiger partial charge in [-0.05, 0) is 57.5 Å². The smallest absolute Gasteiger partial charge is 0.173 e. The molecule has 1 N–H and O–H groups in total. The van der Waals surface area contributed by atoms with E-state index in [0.717, 1.165) is 12.8 Å². The summed E-state index contributed by atoms with van der Waals surface area (Å²) in [5, 5.41) is 3.65. The second-order valence-electron chi connectivity index (χ2n) is 4.95. The Kier molecular flexibility index (Phi) is 4.17. The van der Waals surface area contributed by atoms with Gasteiger partial charge in [0, 0.05) is 12.1 Å². The van der Waals surface area contributed by atoms with Crippen molar-refractivity contribution in [3.05, 3.63) is 30.1 Å². The molecule has 18 heavy (non-hydrogen) atoms. The molecule has 1 aliphatic heterocycles. The minimum Gasteiger partial charge on any atom is -0.344 e. The molecule has 1 aliphatic rings. The Labute approximate surface area is 113 Å². The van der Waals surface area contributed by atoms with Gasteiger partial charge in [0.25, 0.3) is 0 Å². The molecule has 1 heterocycles. The van der Waals surface area contributed by atoms with E-state index in [1.54, 1.807) is 18.2 Å². The van der Waals surface area contributed by atoms with E-state index in [2.05, 4.69) is 24.1 Å². The van der Waals surface area contributed by atoms with Gasteiger partial charge in [-0.2, -0.15) is 0 Å². The summed E-state index contributed by atoms with van der Waals surface area (Å²) < 4.78 is 13.6. The van der Waals surface area contributed by atoms with Crippen LogP contribution in [0.25, 0.3) is 0 Å². The third-order valence-corrected chi connectivity index (χ3v) is 3.86. The number of nitrogens with zero attached hydrogens (tertiary/aromatic N) is 1. The molecule has 0 aromatic heterocycles. The zero-order valence-corrected chi connectivity index (χ0v) is 11.6. The number of thiocarbonyl (C=S) groups is 1. The van der Waals surface area contributed by atoms with E-state index in [1.807, 2.05) is 0 Å². The average Bonchev–Trinajstić information content (AvgIpc) is 2.32. The minimum atomic E-state index is -0.267. The molecule has 4 heteroatoms. The van der Waals surface area contributed by atoms with E-state index < -0.39 is 0 Å². The first kappa shape index (κ1) is 13.3. The highest BCUT2D eigenvalue weighted by atomic mass is 32.1. The highest BCUT2D eigenvalue weighted by Crippen LogP contribution is 2.24. The monoisotopic (exact) mass is 266 g/mol. The van der Waals surface area contributed by atoms with E-state index >= 15 is 0 Å². The van der Waals surface area contributed by atoms with Crippen LogP contribution in [-0.4, -0.2) is 22.1 Å². The molecule has 1 aromatic carbocycles. The van der Waals surface area contributed by atoms with E-state index in [0.29, 0.717) is 22.9 Å².